The molecular weight excluding hydrogens is 548 g/mol. The Kier molecular flexibility index (Phi) is 9.98. The van der Waals surface area contributed by atoms with E-state index in [4.69, 9.17) is 9.47 Å². The van der Waals surface area contributed by atoms with Gasteiger partial charge in [0.05, 0.1) is 18.6 Å². The minimum absolute atomic E-state index is 0.344. The molecule has 236 valence electrons. The van der Waals surface area contributed by atoms with Crippen molar-refractivity contribution in [3.8, 4) is 33.8 Å². The second-order valence-corrected chi connectivity index (χ2v) is 13.5. The largest absolute Gasteiger partial charge is 0.494 e. The van der Waals surface area contributed by atoms with Crippen molar-refractivity contribution in [2.24, 2.45) is 0 Å². The molecule has 4 aromatic carbocycles. The van der Waals surface area contributed by atoms with Crippen LogP contribution in [0.5, 0.6) is 11.5 Å². The standard InChI is InChI=1S/C43H52O2/c1-5-7-9-11-13-15-25-44-33-19-23-39-37(29-33)38-30-34(45-26-16-14-12-10-8-6-2)20-24-40(38)43(39)41-27-31(3)17-21-35(41)36-22-18-32(4)28-42(36)43/h17-24,27-30H,5-16,25-26H2,1-4H3. The van der Waals surface area contributed by atoms with Crippen LogP contribution in [-0.2, 0) is 5.41 Å². The van der Waals surface area contributed by atoms with E-state index in [1.54, 1.807) is 0 Å². The van der Waals surface area contributed by atoms with E-state index in [1.807, 2.05) is 0 Å². The lowest BCUT2D eigenvalue weighted by Crippen LogP contribution is -2.26. The maximum atomic E-state index is 6.40. The number of ether oxygens (including phenoxy) is 2. The van der Waals surface area contributed by atoms with Crippen LogP contribution < -0.4 is 9.47 Å². The van der Waals surface area contributed by atoms with Gasteiger partial charge in [0.25, 0.3) is 0 Å². The van der Waals surface area contributed by atoms with Crippen molar-refractivity contribution in [2.75, 3.05) is 13.2 Å². The van der Waals surface area contributed by atoms with E-state index in [0.29, 0.717) is 0 Å². The summed E-state index contributed by atoms with van der Waals surface area (Å²) in [6.07, 6.45) is 15.2. The second kappa shape index (κ2) is 14.3. The molecule has 0 aliphatic heterocycles. The molecule has 0 fully saturated rings. The number of rotatable bonds is 16. The Morgan fingerprint density at radius 3 is 1.29 bits per heavy atom. The first-order valence-corrected chi connectivity index (χ1v) is 17.9. The number of hydrogen-bond acceptors (Lipinski definition) is 2. The number of hydrogen-bond donors (Lipinski definition) is 0. The van der Waals surface area contributed by atoms with E-state index in [1.165, 1.54) is 120 Å². The normalized spacial score (nSPS) is 13.4. The smallest absolute Gasteiger partial charge is 0.119 e. The first-order chi connectivity index (χ1) is 22.1. The molecule has 0 bridgehead atoms. The molecular formula is C43H52O2. The first kappa shape index (κ1) is 31.5. The van der Waals surface area contributed by atoms with Crippen molar-refractivity contribution in [3.63, 3.8) is 0 Å². The van der Waals surface area contributed by atoms with Gasteiger partial charge in [0.15, 0.2) is 0 Å². The van der Waals surface area contributed by atoms with E-state index >= 15 is 0 Å². The summed E-state index contributed by atoms with van der Waals surface area (Å²) in [5, 5.41) is 0. The molecule has 45 heavy (non-hydrogen) atoms. The van der Waals surface area contributed by atoms with Crippen LogP contribution in [0.25, 0.3) is 22.3 Å². The van der Waals surface area contributed by atoms with Gasteiger partial charge in [-0.2, -0.15) is 0 Å². The lowest BCUT2D eigenvalue weighted by Gasteiger charge is -2.31. The van der Waals surface area contributed by atoms with Crippen LogP contribution in [-0.4, -0.2) is 13.2 Å². The molecule has 0 amide bonds. The van der Waals surface area contributed by atoms with Crippen molar-refractivity contribution >= 4 is 0 Å². The van der Waals surface area contributed by atoms with Crippen molar-refractivity contribution in [1.29, 1.82) is 0 Å². The molecule has 2 heteroatoms. The van der Waals surface area contributed by atoms with E-state index in [2.05, 4.69) is 100 Å². The number of unbranched alkanes of at least 4 members (excludes halogenated alkanes) is 10. The van der Waals surface area contributed by atoms with Gasteiger partial charge in [-0.1, -0.05) is 138 Å². The second-order valence-electron chi connectivity index (χ2n) is 13.5. The van der Waals surface area contributed by atoms with E-state index in [-0.39, 0.29) is 5.41 Å². The van der Waals surface area contributed by atoms with Crippen molar-refractivity contribution in [2.45, 2.75) is 110 Å². The number of fused-ring (bicyclic) bond motifs is 10. The van der Waals surface area contributed by atoms with Crippen molar-refractivity contribution in [1.82, 2.24) is 0 Å². The molecule has 0 saturated carbocycles. The zero-order chi connectivity index (χ0) is 31.2. The van der Waals surface area contributed by atoms with E-state index in [0.717, 1.165) is 37.6 Å². The molecule has 0 atom stereocenters. The molecule has 2 aliphatic rings. The Hall–Kier alpha value is -3.52. The monoisotopic (exact) mass is 600 g/mol. The molecule has 1 spiro atoms. The van der Waals surface area contributed by atoms with Crippen LogP contribution in [0.1, 0.15) is 124 Å². The number of aryl methyl sites for hydroxylation is 2. The highest BCUT2D eigenvalue weighted by molar-refractivity contribution is 5.95. The Labute approximate surface area is 272 Å². The van der Waals surface area contributed by atoms with Crippen LogP contribution >= 0.6 is 0 Å². The van der Waals surface area contributed by atoms with Gasteiger partial charge in [0.1, 0.15) is 11.5 Å². The molecule has 0 N–H and O–H groups in total. The summed E-state index contributed by atoms with van der Waals surface area (Å²) >= 11 is 0. The average molecular weight is 601 g/mol. The third kappa shape index (κ3) is 6.18. The highest BCUT2D eigenvalue weighted by Gasteiger charge is 2.52. The van der Waals surface area contributed by atoms with Crippen LogP contribution in [0.3, 0.4) is 0 Å². The highest BCUT2D eigenvalue weighted by atomic mass is 16.5. The van der Waals surface area contributed by atoms with Gasteiger partial charge in [-0.15, -0.1) is 0 Å². The highest BCUT2D eigenvalue weighted by Crippen LogP contribution is 2.63. The van der Waals surface area contributed by atoms with E-state index < -0.39 is 0 Å². The topological polar surface area (TPSA) is 18.5 Å². The molecule has 4 aromatic rings. The van der Waals surface area contributed by atoms with Crippen LogP contribution in [0, 0.1) is 13.8 Å². The van der Waals surface area contributed by atoms with Gasteiger partial charge in [-0.05, 0) is 95.5 Å². The Bertz CT molecular complexity index is 1490. The molecule has 0 saturated heterocycles. The lowest BCUT2D eigenvalue weighted by molar-refractivity contribution is 0.304. The molecule has 0 radical (unpaired) electrons. The summed E-state index contributed by atoms with van der Waals surface area (Å²) in [4.78, 5) is 0. The van der Waals surface area contributed by atoms with Crippen LogP contribution in [0.15, 0.2) is 72.8 Å². The fourth-order valence-electron chi connectivity index (χ4n) is 7.75. The predicted octanol–water partition coefficient (Wildman–Crippen LogP) is 12.1. The van der Waals surface area contributed by atoms with Crippen LogP contribution in [0.4, 0.5) is 0 Å². The van der Waals surface area contributed by atoms with Crippen molar-refractivity contribution in [3.05, 3.63) is 106 Å². The summed E-state index contributed by atoms with van der Waals surface area (Å²) in [7, 11) is 0. The van der Waals surface area contributed by atoms with Crippen LogP contribution in [0.2, 0.25) is 0 Å². The first-order valence-electron chi connectivity index (χ1n) is 17.9. The molecule has 2 aliphatic carbocycles. The zero-order valence-electron chi connectivity index (χ0n) is 28.1. The summed E-state index contributed by atoms with van der Waals surface area (Å²) in [6.45, 7) is 10.5. The Morgan fingerprint density at radius 2 is 0.844 bits per heavy atom. The maximum Gasteiger partial charge on any atom is 0.119 e. The van der Waals surface area contributed by atoms with Gasteiger partial charge < -0.3 is 9.47 Å². The quantitative estimate of drug-likeness (QED) is 0.103. The fraction of sp³-hybridized carbons (Fsp3) is 0.442. The average Bonchev–Trinajstić information content (AvgIpc) is 3.49. The zero-order valence-corrected chi connectivity index (χ0v) is 28.1. The van der Waals surface area contributed by atoms with Gasteiger partial charge >= 0.3 is 0 Å². The SMILES string of the molecule is CCCCCCCCOc1ccc2c(c1)-c1cc(OCCCCCCCC)ccc1C21c2cc(C)ccc2-c2ccc(C)cc21. The third-order valence-electron chi connectivity index (χ3n) is 10.1. The van der Waals surface area contributed by atoms with Crippen molar-refractivity contribution < 1.29 is 9.47 Å². The molecule has 0 heterocycles. The van der Waals surface area contributed by atoms with Gasteiger partial charge in [0.2, 0.25) is 0 Å². The fourth-order valence-corrected chi connectivity index (χ4v) is 7.75. The molecule has 6 rings (SSSR count). The van der Waals surface area contributed by atoms with E-state index in [9.17, 15) is 0 Å². The predicted molar refractivity (Wildman–Crippen MR) is 190 cm³/mol. The molecule has 0 unspecified atom stereocenters. The minimum Gasteiger partial charge on any atom is -0.494 e. The Morgan fingerprint density at radius 1 is 0.422 bits per heavy atom. The third-order valence-corrected chi connectivity index (χ3v) is 10.1. The number of benzene rings is 4. The summed E-state index contributed by atoms with van der Waals surface area (Å²) < 4.78 is 12.8. The lowest BCUT2D eigenvalue weighted by atomic mass is 9.70. The van der Waals surface area contributed by atoms with Gasteiger partial charge in [0, 0.05) is 0 Å². The van der Waals surface area contributed by atoms with Gasteiger partial charge in [-0.3, -0.25) is 0 Å². The van der Waals surface area contributed by atoms with Gasteiger partial charge in [-0.25, -0.2) is 0 Å². The molecule has 2 nitrogen and oxygen atoms in total. The summed E-state index contributed by atoms with van der Waals surface area (Å²) in [5.41, 5.74) is 13.0. The maximum absolute atomic E-state index is 6.40. The summed E-state index contributed by atoms with van der Waals surface area (Å²) in [6, 6.07) is 27.8. The minimum atomic E-state index is -0.344. The summed E-state index contributed by atoms with van der Waals surface area (Å²) in [5.74, 6) is 1.94. The Balaban J connectivity index is 1.36. The molecule has 0 aromatic heterocycles.